The highest BCUT2D eigenvalue weighted by molar-refractivity contribution is 7.16. The van der Waals surface area contributed by atoms with E-state index < -0.39 is 0 Å². The summed E-state index contributed by atoms with van der Waals surface area (Å²) in [4.78, 5) is 7.93. The minimum atomic E-state index is 0.701. The van der Waals surface area contributed by atoms with Gasteiger partial charge in [0.15, 0.2) is 0 Å². The lowest BCUT2D eigenvalue weighted by atomic mass is 10.0. The molecule has 4 nitrogen and oxygen atoms in total. The van der Waals surface area contributed by atoms with Gasteiger partial charge in [-0.1, -0.05) is 0 Å². The molecule has 2 aromatic heterocycles. The third kappa shape index (κ3) is 2.33. The van der Waals surface area contributed by atoms with Crippen LogP contribution in [0.4, 0.5) is 5.00 Å². The van der Waals surface area contributed by atoms with E-state index in [4.69, 9.17) is 4.42 Å². The lowest BCUT2D eigenvalue weighted by Crippen LogP contribution is -2.25. The molecular formula is C14H13N3OS. The second-order valence-corrected chi connectivity index (χ2v) is 5.64. The van der Waals surface area contributed by atoms with Gasteiger partial charge in [-0.3, -0.25) is 0 Å². The van der Waals surface area contributed by atoms with Gasteiger partial charge in [0.1, 0.15) is 16.8 Å². The van der Waals surface area contributed by atoms with Crippen molar-refractivity contribution in [1.82, 2.24) is 4.90 Å². The van der Waals surface area contributed by atoms with Crippen LogP contribution in [0.2, 0.25) is 0 Å². The highest BCUT2D eigenvalue weighted by atomic mass is 32.1. The zero-order valence-electron chi connectivity index (χ0n) is 10.6. The third-order valence-electron chi connectivity index (χ3n) is 3.19. The molecule has 3 rings (SSSR count). The van der Waals surface area contributed by atoms with Crippen LogP contribution in [0, 0.1) is 11.3 Å². The molecule has 0 radical (unpaired) electrons. The summed E-state index contributed by atoms with van der Waals surface area (Å²) >= 11 is 1.61. The van der Waals surface area contributed by atoms with E-state index in [2.05, 4.69) is 23.0 Å². The maximum absolute atomic E-state index is 9.33. The molecule has 5 heteroatoms. The summed E-state index contributed by atoms with van der Waals surface area (Å²) in [6.07, 6.45) is 4.21. The van der Waals surface area contributed by atoms with Crippen LogP contribution in [0.15, 0.2) is 27.8 Å². The molecular weight excluding hydrogens is 258 g/mol. The van der Waals surface area contributed by atoms with Crippen molar-refractivity contribution in [2.24, 2.45) is 4.99 Å². The fourth-order valence-electron chi connectivity index (χ4n) is 2.21. The topological polar surface area (TPSA) is 52.5 Å². The average Bonchev–Trinajstić information content (AvgIpc) is 3.02. The predicted octanol–water partition coefficient (Wildman–Crippen LogP) is 2.95. The third-order valence-corrected chi connectivity index (χ3v) is 4.32. The molecule has 0 unspecified atom stereocenters. The summed E-state index contributed by atoms with van der Waals surface area (Å²) in [5.74, 6) is 0.701. The Hall–Kier alpha value is -1.90. The highest BCUT2D eigenvalue weighted by Crippen LogP contribution is 2.38. The molecule has 2 aromatic rings. The molecule has 96 valence electrons. The van der Waals surface area contributed by atoms with Crippen molar-refractivity contribution in [1.29, 1.82) is 5.26 Å². The quantitative estimate of drug-likeness (QED) is 0.789. The van der Waals surface area contributed by atoms with Crippen LogP contribution in [-0.4, -0.2) is 24.7 Å². The summed E-state index contributed by atoms with van der Waals surface area (Å²) in [6, 6.07) is 5.96. The van der Waals surface area contributed by atoms with E-state index in [1.807, 2.05) is 12.1 Å². The number of thiophene rings is 1. The molecule has 0 saturated carbocycles. The first kappa shape index (κ1) is 12.2. The number of hydrogen-bond donors (Lipinski definition) is 0. The fraction of sp³-hybridized carbons (Fsp3) is 0.286. The van der Waals surface area contributed by atoms with E-state index in [9.17, 15) is 5.26 Å². The van der Waals surface area contributed by atoms with E-state index in [1.165, 1.54) is 10.4 Å². The molecule has 0 fully saturated rings. The maximum atomic E-state index is 9.33. The Morgan fingerprint density at radius 1 is 1.58 bits per heavy atom. The Kier molecular flexibility index (Phi) is 3.20. The lowest BCUT2D eigenvalue weighted by molar-refractivity contribution is 0.317. The molecule has 0 aromatic carbocycles. The number of nitriles is 1. The van der Waals surface area contributed by atoms with Crippen molar-refractivity contribution >= 4 is 22.6 Å². The van der Waals surface area contributed by atoms with Crippen LogP contribution in [-0.2, 0) is 13.0 Å². The SMILES string of the molecule is CN1CCc2c(sc(N=Cc3ccco3)c2C#N)C1. The number of furan rings is 1. The number of fused-ring (bicyclic) bond motifs is 1. The standard InChI is InChI=1S/C14H13N3OS/c1-17-5-4-11-12(7-15)14(19-13(11)9-17)16-8-10-3-2-6-18-10/h2-3,6,8H,4-5,9H2,1H3. The predicted molar refractivity (Wildman–Crippen MR) is 75.0 cm³/mol. The van der Waals surface area contributed by atoms with Gasteiger partial charge in [-0.25, -0.2) is 4.99 Å². The molecule has 1 aliphatic rings. The van der Waals surface area contributed by atoms with Crippen molar-refractivity contribution in [3.8, 4) is 6.07 Å². The minimum Gasteiger partial charge on any atom is -0.463 e. The van der Waals surface area contributed by atoms with Crippen molar-refractivity contribution in [2.45, 2.75) is 13.0 Å². The Balaban J connectivity index is 1.96. The molecule has 0 aliphatic carbocycles. The van der Waals surface area contributed by atoms with Crippen molar-refractivity contribution in [3.63, 3.8) is 0 Å². The summed E-state index contributed by atoms with van der Waals surface area (Å²) in [7, 11) is 2.10. The molecule has 0 amide bonds. The van der Waals surface area contributed by atoms with E-state index in [0.29, 0.717) is 5.76 Å². The first-order valence-electron chi connectivity index (χ1n) is 6.08. The Morgan fingerprint density at radius 2 is 2.47 bits per heavy atom. The van der Waals surface area contributed by atoms with Crippen LogP contribution >= 0.6 is 11.3 Å². The van der Waals surface area contributed by atoms with Gasteiger partial charge >= 0.3 is 0 Å². The normalized spacial score (nSPS) is 15.6. The Bertz CT molecular complexity index is 649. The van der Waals surface area contributed by atoms with Gasteiger partial charge in [-0.2, -0.15) is 5.26 Å². The zero-order chi connectivity index (χ0) is 13.2. The molecule has 3 heterocycles. The molecule has 0 saturated heterocycles. The first-order valence-corrected chi connectivity index (χ1v) is 6.90. The van der Waals surface area contributed by atoms with Gasteiger partial charge in [-0.15, -0.1) is 11.3 Å². The number of likely N-dealkylation sites (N-methyl/N-ethyl adjacent to an activating group) is 1. The summed E-state index contributed by atoms with van der Waals surface area (Å²) in [6.45, 7) is 1.91. The molecule has 0 atom stereocenters. The van der Waals surface area contributed by atoms with Crippen LogP contribution in [0.3, 0.4) is 0 Å². The molecule has 0 spiro atoms. The van der Waals surface area contributed by atoms with E-state index in [0.717, 1.165) is 30.1 Å². The second kappa shape index (κ2) is 5.00. The highest BCUT2D eigenvalue weighted by Gasteiger charge is 2.22. The van der Waals surface area contributed by atoms with Gasteiger partial charge in [0.25, 0.3) is 0 Å². The largest absolute Gasteiger partial charge is 0.463 e. The maximum Gasteiger partial charge on any atom is 0.144 e. The van der Waals surface area contributed by atoms with Crippen LogP contribution in [0.25, 0.3) is 0 Å². The zero-order valence-corrected chi connectivity index (χ0v) is 11.4. The second-order valence-electron chi connectivity index (χ2n) is 4.56. The fourth-order valence-corrected chi connectivity index (χ4v) is 3.43. The van der Waals surface area contributed by atoms with Gasteiger partial charge < -0.3 is 9.32 Å². The summed E-state index contributed by atoms with van der Waals surface area (Å²) in [5.41, 5.74) is 1.91. The molecule has 0 N–H and O–H groups in total. The number of aliphatic imine (C=N–C) groups is 1. The summed E-state index contributed by atoms with van der Waals surface area (Å²) < 4.78 is 5.21. The number of nitrogens with zero attached hydrogens (tertiary/aromatic N) is 3. The van der Waals surface area contributed by atoms with E-state index in [-0.39, 0.29) is 0 Å². The molecule has 0 bridgehead atoms. The number of hydrogen-bond acceptors (Lipinski definition) is 5. The smallest absolute Gasteiger partial charge is 0.144 e. The van der Waals surface area contributed by atoms with E-state index >= 15 is 0 Å². The van der Waals surface area contributed by atoms with Crippen molar-refractivity contribution in [2.75, 3.05) is 13.6 Å². The van der Waals surface area contributed by atoms with E-state index in [1.54, 1.807) is 23.8 Å². The van der Waals surface area contributed by atoms with Crippen LogP contribution in [0.1, 0.15) is 21.8 Å². The first-order chi connectivity index (χ1) is 9.28. The van der Waals surface area contributed by atoms with Gasteiger partial charge in [0.2, 0.25) is 0 Å². The summed E-state index contributed by atoms with van der Waals surface area (Å²) in [5, 5.41) is 10.1. The van der Waals surface area contributed by atoms with Gasteiger partial charge in [0.05, 0.1) is 18.0 Å². The van der Waals surface area contributed by atoms with Crippen LogP contribution in [0.5, 0.6) is 0 Å². The van der Waals surface area contributed by atoms with Gasteiger partial charge in [0, 0.05) is 18.0 Å². The van der Waals surface area contributed by atoms with Crippen molar-refractivity contribution in [3.05, 3.63) is 40.2 Å². The number of rotatable bonds is 2. The van der Waals surface area contributed by atoms with Gasteiger partial charge in [-0.05, 0) is 31.2 Å². The minimum absolute atomic E-state index is 0.701. The van der Waals surface area contributed by atoms with Crippen molar-refractivity contribution < 1.29 is 4.42 Å². The lowest BCUT2D eigenvalue weighted by Gasteiger charge is -2.21. The molecule has 19 heavy (non-hydrogen) atoms. The Morgan fingerprint density at radius 3 is 3.21 bits per heavy atom. The Labute approximate surface area is 115 Å². The van der Waals surface area contributed by atoms with Crippen LogP contribution < -0.4 is 0 Å². The monoisotopic (exact) mass is 271 g/mol. The molecule has 1 aliphatic heterocycles. The average molecular weight is 271 g/mol.